The largest absolute Gasteiger partial charge is 0.507 e. The molecule has 2 aromatic rings. The van der Waals surface area contributed by atoms with Crippen LogP contribution in [0.1, 0.15) is 4.88 Å². The van der Waals surface area contributed by atoms with Crippen molar-refractivity contribution in [1.29, 1.82) is 0 Å². The fraction of sp³-hybridized carbons (Fsp3) is 0.0909. The molecule has 0 saturated heterocycles. The Kier molecular flexibility index (Phi) is 2.07. The summed E-state index contributed by atoms with van der Waals surface area (Å²) in [6.45, 7) is 1.92. The Labute approximate surface area is 81.3 Å². The topological polar surface area (TPSA) is 20.2 Å². The summed E-state index contributed by atoms with van der Waals surface area (Å²) in [5.41, 5.74) is 1.16. The molecular formula is C11H10OS. The SMILES string of the molecule is Cc1sc(-c2ccccc2)cc1O. The van der Waals surface area contributed by atoms with Crippen molar-refractivity contribution in [2.24, 2.45) is 0 Å². The lowest BCUT2D eigenvalue weighted by Gasteiger charge is -1.93. The lowest BCUT2D eigenvalue weighted by atomic mass is 10.2. The molecule has 0 atom stereocenters. The van der Waals surface area contributed by atoms with E-state index in [0.29, 0.717) is 5.75 Å². The molecule has 0 spiro atoms. The molecular weight excluding hydrogens is 180 g/mol. The van der Waals surface area contributed by atoms with Gasteiger partial charge in [0.1, 0.15) is 5.75 Å². The van der Waals surface area contributed by atoms with Gasteiger partial charge in [-0.05, 0) is 18.6 Å². The van der Waals surface area contributed by atoms with Crippen LogP contribution in [-0.4, -0.2) is 5.11 Å². The van der Waals surface area contributed by atoms with E-state index in [4.69, 9.17) is 0 Å². The summed E-state index contributed by atoms with van der Waals surface area (Å²) >= 11 is 1.62. The highest BCUT2D eigenvalue weighted by molar-refractivity contribution is 7.15. The van der Waals surface area contributed by atoms with Gasteiger partial charge in [-0.15, -0.1) is 11.3 Å². The molecule has 0 aliphatic heterocycles. The zero-order chi connectivity index (χ0) is 9.26. The number of hydrogen-bond acceptors (Lipinski definition) is 2. The molecule has 0 aliphatic carbocycles. The molecule has 2 rings (SSSR count). The van der Waals surface area contributed by atoms with Crippen molar-refractivity contribution >= 4 is 11.3 Å². The molecule has 1 N–H and O–H groups in total. The molecule has 2 heteroatoms. The van der Waals surface area contributed by atoms with Crippen LogP contribution in [0.4, 0.5) is 0 Å². The molecule has 0 saturated carbocycles. The Morgan fingerprint density at radius 3 is 2.38 bits per heavy atom. The maximum atomic E-state index is 9.41. The number of aromatic hydroxyl groups is 1. The fourth-order valence-electron chi connectivity index (χ4n) is 1.22. The van der Waals surface area contributed by atoms with Crippen molar-refractivity contribution in [3.8, 4) is 16.2 Å². The van der Waals surface area contributed by atoms with Crippen LogP contribution in [-0.2, 0) is 0 Å². The van der Waals surface area contributed by atoms with Gasteiger partial charge >= 0.3 is 0 Å². The second-order valence-electron chi connectivity index (χ2n) is 2.92. The van der Waals surface area contributed by atoms with Crippen molar-refractivity contribution in [1.82, 2.24) is 0 Å². The first kappa shape index (κ1) is 8.32. The van der Waals surface area contributed by atoms with Crippen molar-refractivity contribution in [2.75, 3.05) is 0 Å². The highest BCUT2D eigenvalue weighted by Crippen LogP contribution is 2.34. The smallest absolute Gasteiger partial charge is 0.129 e. The maximum Gasteiger partial charge on any atom is 0.129 e. The molecule has 1 nitrogen and oxygen atoms in total. The van der Waals surface area contributed by atoms with Gasteiger partial charge in [-0.3, -0.25) is 0 Å². The van der Waals surface area contributed by atoms with E-state index in [9.17, 15) is 5.11 Å². The van der Waals surface area contributed by atoms with Crippen LogP contribution in [0, 0.1) is 6.92 Å². The molecule has 0 amide bonds. The average molecular weight is 190 g/mol. The second kappa shape index (κ2) is 3.23. The zero-order valence-electron chi connectivity index (χ0n) is 7.32. The Balaban J connectivity index is 2.48. The van der Waals surface area contributed by atoms with E-state index in [1.807, 2.05) is 43.3 Å². The minimum Gasteiger partial charge on any atom is -0.507 e. The summed E-state index contributed by atoms with van der Waals surface area (Å²) in [6.07, 6.45) is 0. The molecule has 13 heavy (non-hydrogen) atoms. The number of benzene rings is 1. The summed E-state index contributed by atoms with van der Waals surface area (Å²) in [7, 11) is 0. The van der Waals surface area contributed by atoms with Gasteiger partial charge in [0, 0.05) is 9.75 Å². The van der Waals surface area contributed by atoms with Crippen molar-refractivity contribution < 1.29 is 5.11 Å². The molecule has 0 fully saturated rings. The Bertz CT molecular complexity index is 384. The Hall–Kier alpha value is -1.28. The van der Waals surface area contributed by atoms with E-state index < -0.39 is 0 Å². The van der Waals surface area contributed by atoms with Gasteiger partial charge in [-0.1, -0.05) is 30.3 Å². The molecule has 0 aliphatic rings. The van der Waals surface area contributed by atoms with E-state index >= 15 is 0 Å². The molecule has 0 bridgehead atoms. The third-order valence-corrected chi connectivity index (χ3v) is 3.04. The first-order valence-corrected chi connectivity index (χ1v) is 4.94. The fourth-order valence-corrected chi connectivity index (χ4v) is 2.14. The minimum absolute atomic E-state index is 0.392. The highest BCUT2D eigenvalue weighted by atomic mass is 32.1. The third kappa shape index (κ3) is 1.58. The average Bonchev–Trinajstić information content (AvgIpc) is 2.49. The summed E-state index contributed by atoms with van der Waals surface area (Å²) < 4.78 is 0. The monoisotopic (exact) mass is 190 g/mol. The Morgan fingerprint density at radius 1 is 1.15 bits per heavy atom. The number of rotatable bonds is 1. The van der Waals surface area contributed by atoms with Gasteiger partial charge in [0.2, 0.25) is 0 Å². The van der Waals surface area contributed by atoms with Crippen LogP contribution in [0.25, 0.3) is 10.4 Å². The lowest BCUT2D eigenvalue weighted by Crippen LogP contribution is -1.67. The van der Waals surface area contributed by atoms with Crippen molar-refractivity contribution in [3.63, 3.8) is 0 Å². The number of thiophene rings is 1. The van der Waals surface area contributed by atoms with Crippen LogP contribution in [0.15, 0.2) is 36.4 Å². The van der Waals surface area contributed by atoms with Crippen LogP contribution >= 0.6 is 11.3 Å². The summed E-state index contributed by atoms with van der Waals surface area (Å²) in [4.78, 5) is 2.09. The quantitative estimate of drug-likeness (QED) is 0.730. The van der Waals surface area contributed by atoms with Gasteiger partial charge in [0.25, 0.3) is 0 Å². The lowest BCUT2D eigenvalue weighted by molar-refractivity contribution is 0.474. The van der Waals surface area contributed by atoms with Gasteiger partial charge in [-0.25, -0.2) is 0 Å². The van der Waals surface area contributed by atoms with Crippen LogP contribution in [0.2, 0.25) is 0 Å². The van der Waals surface area contributed by atoms with Gasteiger partial charge < -0.3 is 5.11 Å². The van der Waals surface area contributed by atoms with E-state index in [-0.39, 0.29) is 0 Å². The maximum absolute atomic E-state index is 9.41. The first-order valence-electron chi connectivity index (χ1n) is 4.12. The van der Waals surface area contributed by atoms with Crippen LogP contribution < -0.4 is 0 Å². The third-order valence-electron chi connectivity index (χ3n) is 1.95. The molecule has 66 valence electrons. The van der Waals surface area contributed by atoms with Crippen LogP contribution in [0.5, 0.6) is 5.75 Å². The number of aryl methyl sites for hydroxylation is 1. The second-order valence-corrected chi connectivity index (χ2v) is 4.17. The highest BCUT2D eigenvalue weighted by Gasteiger charge is 2.04. The van der Waals surface area contributed by atoms with E-state index in [1.54, 1.807) is 11.3 Å². The summed E-state index contributed by atoms with van der Waals surface area (Å²) in [5, 5.41) is 9.41. The van der Waals surface area contributed by atoms with Gasteiger partial charge in [0.15, 0.2) is 0 Å². The van der Waals surface area contributed by atoms with Gasteiger partial charge in [0.05, 0.1) is 0 Å². The standard InChI is InChI=1S/C11H10OS/c1-8-10(12)7-11(13-8)9-5-3-2-4-6-9/h2-7,12H,1H3. The van der Waals surface area contributed by atoms with Crippen LogP contribution in [0.3, 0.4) is 0 Å². The van der Waals surface area contributed by atoms with Gasteiger partial charge in [-0.2, -0.15) is 0 Å². The molecule has 1 aromatic heterocycles. The molecule has 1 heterocycles. The van der Waals surface area contributed by atoms with E-state index in [1.165, 1.54) is 0 Å². The summed E-state index contributed by atoms with van der Waals surface area (Å²) in [5.74, 6) is 0.392. The minimum atomic E-state index is 0.392. The molecule has 0 radical (unpaired) electrons. The first-order chi connectivity index (χ1) is 6.27. The van der Waals surface area contributed by atoms with E-state index in [2.05, 4.69) is 0 Å². The van der Waals surface area contributed by atoms with E-state index in [0.717, 1.165) is 15.3 Å². The van der Waals surface area contributed by atoms with Crippen molar-refractivity contribution in [2.45, 2.75) is 6.92 Å². The Morgan fingerprint density at radius 2 is 1.85 bits per heavy atom. The van der Waals surface area contributed by atoms with Crippen molar-refractivity contribution in [3.05, 3.63) is 41.3 Å². The predicted octanol–water partition coefficient (Wildman–Crippen LogP) is 3.43. The molecule has 0 unspecified atom stereocenters. The molecule has 1 aromatic carbocycles. The number of hydrogen-bond donors (Lipinski definition) is 1. The zero-order valence-corrected chi connectivity index (χ0v) is 8.14. The predicted molar refractivity (Wildman–Crippen MR) is 56.2 cm³/mol. The summed E-state index contributed by atoms with van der Waals surface area (Å²) in [6, 6.07) is 11.9. The normalized spacial score (nSPS) is 10.2.